The van der Waals surface area contributed by atoms with Crippen LogP contribution >= 0.6 is 0 Å². The molecule has 0 radical (unpaired) electrons. The van der Waals surface area contributed by atoms with Crippen molar-refractivity contribution in [3.05, 3.63) is 23.8 Å². The summed E-state index contributed by atoms with van der Waals surface area (Å²) in [6.45, 7) is 5.73. The van der Waals surface area contributed by atoms with Gasteiger partial charge >= 0.3 is 0 Å². The van der Waals surface area contributed by atoms with E-state index in [4.69, 9.17) is 4.52 Å². The second kappa shape index (κ2) is 4.45. The minimum Gasteiger partial charge on any atom is -0.360 e. The zero-order chi connectivity index (χ0) is 13.3. The quantitative estimate of drug-likeness (QED) is 0.904. The third-order valence-corrected chi connectivity index (χ3v) is 4.07. The minimum atomic E-state index is -3.69. The van der Waals surface area contributed by atoms with Gasteiger partial charge in [-0.1, -0.05) is 5.16 Å². The molecule has 0 aromatic carbocycles. The summed E-state index contributed by atoms with van der Waals surface area (Å²) in [6, 6.07) is 0. The molecular weight excluding hydrogens is 256 g/mol. The first kappa shape index (κ1) is 12.6. The summed E-state index contributed by atoms with van der Waals surface area (Å²) in [4.78, 5) is 0.0757. The van der Waals surface area contributed by atoms with E-state index in [0.29, 0.717) is 17.9 Å². The molecule has 18 heavy (non-hydrogen) atoms. The molecule has 0 amide bonds. The standard InChI is InChI=1S/C10H14N4O3S/c1-4-14-6-9(5-11-14)13-18(15,16)10-7(2)12-17-8(10)3/h5-6,13H,4H2,1-3H3. The van der Waals surface area contributed by atoms with Crippen LogP contribution < -0.4 is 4.72 Å². The van der Waals surface area contributed by atoms with Gasteiger partial charge in [-0.15, -0.1) is 0 Å². The van der Waals surface area contributed by atoms with Gasteiger partial charge in [0, 0.05) is 12.7 Å². The topological polar surface area (TPSA) is 90.0 Å². The van der Waals surface area contributed by atoms with Gasteiger partial charge in [0.25, 0.3) is 10.0 Å². The van der Waals surface area contributed by atoms with Crippen molar-refractivity contribution in [3.8, 4) is 0 Å². The number of anilines is 1. The van der Waals surface area contributed by atoms with Crippen molar-refractivity contribution < 1.29 is 12.9 Å². The Bertz CT molecular complexity index is 637. The van der Waals surface area contributed by atoms with Gasteiger partial charge in [-0.25, -0.2) is 8.42 Å². The third kappa shape index (κ3) is 2.23. The smallest absolute Gasteiger partial charge is 0.267 e. The Labute approximate surface area is 105 Å². The van der Waals surface area contributed by atoms with E-state index in [1.54, 1.807) is 24.7 Å². The summed E-state index contributed by atoms with van der Waals surface area (Å²) in [6.07, 6.45) is 3.08. The Morgan fingerprint density at radius 3 is 2.67 bits per heavy atom. The van der Waals surface area contributed by atoms with E-state index in [0.717, 1.165) is 0 Å². The van der Waals surface area contributed by atoms with Crippen molar-refractivity contribution in [1.82, 2.24) is 14.9 Å². The number of hydrogen-bond donors (Lipinski definition) is 1. The zero-order valence-electron chi connectivity index (χ0n) is 10.3. The maximum absolute atomic E-state index is 12.2. The van der Waals surface area contributed by atoms with Gasteiger partial charge in [0.05, 0.1) is 11.9 Å². The van der Waals surface area contributed by atoms with Crippen LogP contribution in [0.2, 0.25) is 0 Å². The molecule has 0 aliphatic heterocycles. The fourth-order valence-corrected chi connectivity index (χ4v) is 3.01. The summed E-state index contributed by atoms with van der Waals surface area (Å²) in [5.74, 6) is 0.267. The monoisotopic (exact) mass is 270 g/mol. The molecule has 0 fully saturated rings. The second-order valence-electron chi connectivity index (χ2n) is 3.84. The summed E-state index contributed by atoms with van der Waals surface area (Å²) in [7, 11) is -3.69. The Morgan fingerprint density at radius 1 is 1.44 bits per heavy atom. The Kier molecular flexibility index (Phi) is 3.12. The number of rotatable bonds is 4. The van der Waals surface area contributed by atoms with E-state index in [9.17, 15) is 8.42 Å². The first-order valence-corrected chi connectivity index (χ1v) is 6.90. The molecule has 0 bridgehead atoms. The van der Waals surface area contributed by atoms with Gasteiger partial charge in [0.15, 0.2) is 10.7 Å². The van der Waals surface area contributed by atoms with Crippen molar-refractivity contribution in [1.29, 1.82) is 0 Å². The summed E-state index contributed by atoms with van der Waals surface area (Å²) >= 11 is 0. The highest BCUT2D eigenvalue weighted by molar-refractivity contribution is 7.92. The SMILES string of the molecule is CCn1cc(NS(=O)(=O)c2c(C)noc2C)cn1. The first-order chi connectivity index (χ1) is 8.44. The van der Waals surface area contributed by atoms with Crippen LogP contribution in [0.3, 0.4) is 0 Å². The van der Waals surface area contributed by atoms with Crippen molar-refractivity contribution in [2.75, 3.05) is 4.72 Å². The van der Waals surface area contributed by atoms with E-state index in [1.807, 2.05) is 6.92 Å². The minimum absolute atomic E-state index is 0.0757. The lowest BCUT2D eigenvalue weighted by atomic mass is 10.4. The van der Waals surface area contributed by atoms with Crippen LogP contribution in [0.4, 0.5) is 5.69 Å². The molecule has 0 saturated heterocycles. The van der Waals surface area contributed by atoms with Gasteiger partial charge in [-0.3, -0.25) is 9.40 Å². The Hall–Kier alpha value is -1.83. The van der Waals surface area contributed by atoms with Crippen LogP contribution in [-0.2, 0) is 16.6 Å². The molecule has 2 rings (SSSR count). The van der Waals surface area contributed by atoms with E-state index >= 15 is 0 Å². The lowest BCUT2D eigenvalue weighted by Crippen LogP contribution is -2.14. The fourth-order valence-electron chi connectivity index (χ4n) is 1.65. The zero-order valence-corrected chi connectivity index (χ0v) is 11.2. The molecule has 0 aliphatic carbocycles. The second-order valence-corrected chi connectivity index (χ2v) is 5.46. The third-order valence-electron chi connectivity index (χ3n) is 2.45. The summed E-state index contributed by atoms with van der Waals surface area (Å²) in [5.41, 5.74) is 0.750. The molecule has 7 nitrogen and oxygen atoms in total. The maximum Gasteiger partial charge on any atom is 0.267 e. The van der Waals surface area contributed by atoms with Crippen molar-refractivity contribution in [3.63, 3.8) is 0 Å². The van der Waals surface area contributed by atoms with Crippen molar-refractivity contribution in [2.24, 2.45) is 0 Å². The van der Waals surface area contributed by atoms with E-state index in [-0.39, 0.29) is 10.7 Å². The fraction of sp³-hybridized carbons (Fsp3) is 0.400. The number of nitrogens with zero attached hydrogens (tertiary/aromatic N) is 3. The van der Waals surface area contributed by atoms with Crippen molar-refractivity contribution >= 4 is 15.7 Å². The van der Waals surface area contributed by atoms with Crippen LogP contribution in [0.1, 0.15) is 18.4 Å². The molecule has 2 aromatic heterocycles. The average Bonchev–Trinajstić information content (AvgIpc) is 2.85. The van der Waals surface area contributed by atoms with Crippen LogP contribution in [0.25, 0.3) is 0 Å². The molecule has 2 heterocycles. The highest BCUT2D eigenvalue weighted by Gasteiger charge is 2.24. The molecule has 98 valence electrons. The molecule has 0 saturated carbocycles. The molecule has 0 spiro atoms. The number of nitrogens with one attached hydrogen (secondary N) is 1. The number of sulfonamides is 1. The van der Waals surface area contributed by atoms with Gasteiger partial charge in [0.1, 0.15) is 5.69 Å². The lowest BCUT2D eigenvalue weighted by molar-refractivity contribution is 0.390. The lowest BCUT2D eigenvalue weighted by Gasteiger charge is -2.04. The highest BCUT2D eigenvalue weighted by atomic mass is 32.2. The number of aryl methyl sites for hydroxylation is 3. The van der Waals surface area contributed by atoms with Gasteiger partial charge in [0.2, 0.25) is 0 Å². The largest absolute Gasteiger partial charge is 0.360 e. The Balaban J connectivity index is 2.33. The van der Waals surface area contributed by atoms with Crippen LogP contribution in [0, 0.1) is 13.8 Å². The predicted octanol–water partition coefficient (Wildman–Crippen LogP) is 1.31. The van der Waals surface area contributed by atoms with Crippen LogP contribution in [0.15, 0.2) is 21.8 Å². The van der Waals surface area contributed by atoms with E-state index in [2.05, 4.69) is 15.0 Å². The molecular formula is C10H14N4O3S. The first-order valence-electron chi connectivity index (χ1n) is 5.42. The Morgan fingerprint density at radius 2 is 2.17 bits per heavy atom. The van der Waals surface area contributed by atoms with E-state index in [1.165, 1.54) is 6.20 Å². The summed E-state index contributed by atoms with van der Waals surface area (Å²) < 4.78 is 33.2. The predicted molar refractivity (Wildman–Crippen MR) is 64.7 cm³/mol. The van der Waals surface area contributed by atoms with Crippen LogP contribution in [-0.4, -0.2) is 23.4 Å². The van der Waals surface area contributed by atoms with Gasteiger partial charge in [-0.05, 0) is 20.8 Å². The normalized spacial score (nSPS) is 11.7. The molecule has 0 aliphatic rings. The number of hydrogen-bond acceptors (Lipinski definition) is 5. The maximum atomic E-state index is 12.2. The molecule has 0 atom stereocenters. The summed E-state index contributed by atoms with van der Waals surface area (Å²) in [5, 5.41) is 7.63. The van der Waals surface area contributed by atoms with Gasteiger partial charge < -0.3 is 4.52 Å². The van der Waals surface area contributed by atoms with Gasteiger partial charge in [-0.2, -0.15) is 5.10 Å². The van der Waals surface area contributed by atoms with E-state index < -0.39 is 10.0 Å². The highest BCUT2D eigenvalue weighted by Crippen LogP contribution is 2.21. The van der Waals surface area contributed by atoms with Crippen LogP contribution in [0.5, 0.6) is 0 Å². The molecule has 8 heteroatoms. The number of aromatic nitrogens is 3. The van der Waals surface area contributed by atoms with Crippen molar-refractivity contribution in [2.45, 2.75) is 32.2 Å². The average molecular weight is 270 g/mol. The molecule has 0 unspecified atom stereocenters. The molecule has 1 N–H and O–H groups in total. The molecule has 2 aromatic rings.